The highest BCUT2D eigenvalue weighted by Gasteiger charge is 2.27. The Labute approximate surface area is 195 Å². The van der Waals surface area contributed by atoms with Crippen LogP contribution in [0.15, 0.2) is 60.8 Å². The summed E-state index contributed by atoms with van der Waals surface area (Å²) in [7, 11) is 0. The number of rotatable bonds is 8. The monoisotopic (exact) mass is 466 g/mol. The number of anilines is 2. The highest BCUT2D eigenvalue weighted by atomic mass is 19.1. The Morgan fingerprint density at radius 1 is 1.26 bits per heavy atom. The van der Waals surface area contributed by atoms with Crippen LogP contribution in [-0.4, -0.2) is 46.5 Å². The molecule has 10 heteroatoms. The first kappa shape index (κ1) is 23.1. The molecule has 1 atom stereocenters. The molecule has 0 bridgehead atoms. The van der Waals surface area contributed by atoms with Crippen LogP contribution >= 0.6 is 0 Å². The summed E-state index contributed by atoms with van der Waals surface area (Å²) < 4.78 is 25.7. The molecule has 9 nitrogen and oxygen atoms in total. The molecule has 1 aliphatic rings. The quantitative estimate of drug-likeness (QED) is 0.386. The minimum atomic E-state index is -0.635. The second-order valence-electron chi connectivity index (χ2n) is 7.70. The number of morpholine rings is 1. The van der Waals surface area contributed by atoms with Gasteiger partial charge in [-0.15, -0.1) is 0 Å². The lowest BCUT2D eigenvalue weighted by Gasteiger charge is -2.34. The number of nitrogens with one attached hydrogen (secondary N) is 1. The number of likely N-dealkylation sites (N-methyl/N-ethyl adjacent to an activating group) is 1. The van der Waals surface area contributed by atoms with Crippen molar-refractivity contribution in [2.45, 2.75) is 19.4 Å². The highest BCUT2D eigenvalue weighted by Crippen LogP contribution is 2.30. The first-order valence-corrected chi connectivity index (χ1v) is 10.7. The summed E-state index contributed by atoms with van der Waals surface area (Å²) in [6.07, 6.45) is 2.06. The van der Waals surface area contributed by atoms with Gasteiger partial charge in [-0.1, -0.05) is 12.1 Å². The number of hydrogen-bond acceptors (Lipinski definition) is 7. The van der Waals surface area contributed by atoms with E-state index in [0.29, 0.717) is 31.0 Å². The summed E-state index contributed by atoms with van der Waals surface area (Å²) >= 11 is 0. The summed E-state index contributed by atoms with van der Waals surface area (Å²) in [5.74, 6) is -0.166. The van der Waals surface area contributed by atoms with E-state index < -0.39 is 10.7 Å². The van der Waals surface area contributed by atoms with E-state index in [4.69, 9.17) is 9.47 Å². The smallest absolute Gasteiger partial charge is 0.311 e. The lowest BCUT2D eigenvalue weighted by atomic mass is 10.0. The van der Waals surface area contributed by atoms with Crippen molar-refractivity contribution in [2.24, 2.45) is 0 Å². The topological polar surface area (TPSA) is 107 Å². The van der Waals surface area contributed by atoms with Crippen LogP contribution in [0.3, 0.4) is 0 Å². The Hall–Kier alpha value is -4.05. The van der Waals surface area contributed by atoms with Gasteiger partial charge in [0.1, 0.15) is 12.4 Å². The van der Waals surface area contributed by atoms with Crippen LogP contribution in [-0.2, 0) is 16.0 Å². The molecule has 0 aliphatic carbocycles. The van der Waals surface area contributed by atoms with Gasteiger partial charge in [-0.05, 0) is 49.2 Å². The number of carbonyl (C=O) groups excluding carboxylic acids is 1. The van der Waals surface area contributed by atoms with E-state index in [1.54, 1.807) is 18.2 Å². The Balaban J connectivity index is 1.41. The van der Waals surface area contributed by atoms with Crippen LogP contribution in [0.25, 0.3) is 0 Å². The maximum Gasteiger partial charge on any atom is 0.311 e. The molecule has 4 rings (SSSR count). The van der Waals surface area contributed by atoms with Gasteiger partial charge in [0.2, 0.25) is 11.7 Å². The lowest BCUT2D eigenvalue weighted by Crippen LogP contribution is -2.50. The van der Waals surface area contributed by atoms with E-state index in [-0.39, 0.29) is 35.8 Å². The number of carbonyl (C=O) groups is 1. The van der Waals surface area contributed by atoms with E-state index in [1.807, 2.05) is 24.0 Å². The van der Waals surface area contributed by atoms with Crippen molar-refractivity contribution in [3.63, 3.8) is 0 Å². The average Bonchev–Trinajstić information content (AvgIpc) is 2.82. The largest absolute Gasteiger partial charge is 0.454 e. The van der Waals surface area contributed by atoms with Crippen LogP contribution in [0.1, 0.15) is 12.5 Å². The predicted octanol–water partition coefficient (Wildman–Crippen LogP) is 4.45. The summed E-state index contributed by atoms with van der Waals surface area (Å²) in [5.41, 5.74) is 1.09. The molecule has 2 heterocycles. The highest BCUT2D eigenvalue weighted by molar-refractivity contribution is 5.78. The van der Waals surface area contributed by atoms with Crippen LogP contribution in [0.4, 0.5) is 21.6 Å². The van der Waals surface area contributed by atoms with Crippen molar-refractivity contribution in [1.82, 2.24) is 9.88 Å². The fourth-order valence-corrected chi connectivity index (χ4v) is 3.79. The molecule has 1 fully saturated rings. The summed E-state index contributed by atoms with van der Waals surface area (Å²) in [4.78, 5) is 28.3. The molecule has 1 saturated heterocycles. The number of nitro groups is 1. The summed E-state index contributed by atoms with van der Waals surface area (Å²) in [6.45, 7) is 3.19. The first-order chi connectivity index (χ1) is 16.4. The Bertz CT molecular complexity index is 1190. The zero-order chi connectivity index (χ0) is 24.1. The molecule has 1 aromatic heterocycles. The van der Waals surface area contributed by atoms with Crippen LogP contribution in [0, 0.1) is 15.9 Å². The van der Waals surface area contributed by atoms with Crippen LogP contribution in [0.2, 0.25) is 0 Å². The third-order valence-corrected chi connectivity index (χ3v) is 5.44. The molecule has 1 N–H and O–H groups in total. The maximum absolute atomic E-state index is 14.6. The second kappa shape index (κ2) is 10.3. The number of benzene rings is 2. The summed E-state index contributed by atoms with van der Waals surface area (Å²) in [6, 6.07) is 14.1. The van der Waals surface area contributed by atoms with Gasteiger partial charge in [-0.3, -0.25) is 14.9 Å². The molecule has 0 radical (unpaired) electrons. The van der Waals surface area contributed by atoms with Crippen LogP contribution in [0.5, 0.6) is 11.5 Å². The maximum atomic E-state index is 14.6. The Morgan fingerprint density at radius 2 is 2.06 bits per heavy atom. The normalized spacial score (nSPS) is 15.8. The minimum absolute atomic E-state index is 0.00948. The molecule has 3 aromatic rings. The fourth-order valence-electron chi connectivity index (χ4n) is 3.79. The third kappa shape index (κ3) is 5.29. The van der Waals surface area contributed by atoms with Gasteiger partial charge in [0, 0.05) is 30.6 Å². The fraction of sp³-hybridized carbons (Fsp3) is 0.250. The number of aromatic nitrogens is 1. The SMILES string of the molecule is CCN1C(=O)COCC1Cc1ccc(Oc2ccc(Nc3ncccc3[N+](=O)[O-])cc2F)cc1. The lowest BCUT2D eigenvalue weighted by molar-refractivity contribution is -0.384. The molecular formula is C24H23FN4O5. The van der Waals surface area contributed by atoms with Gasteiger partial charge in [0.05, 0.1) is 17.6 Å². The molecule has 0 spiro atoms. The van der Waals surface area contributed by atoms with E-state index in [0.717, 1.165) is 5.56 Å². The van der Waals surface area contributed by atoms with Crippen molar-refractivity contribution in [3.8, 4) is 11.5 Å². The number of halogens is 1. The molecular weight excluding hydrogens is 443 g/mol. The van der Waals surface area contributed by atoms with Gasteiger partial charge >= 0.3 is 5.69 Å². The number of amides is 1. The van der Waals surface area contributed by atoms with Gasteiger partial charge in [0.15, 0.2) is 11.6 Å². The predicted molar refractivity (Wildman–Crippen MR) is 123 cm³/mol. The number of pyridine rings is 1. The molecule has 0 saturated carbocycles. The molecule has 1 aliphatic heterocycles. The van der Waals surface area contributed by atoms with Crippen molar-refractivity contribution >= 4 is 23.1 Å². The molecule has 1 unspecified atom stereocenters. The minimum Gasteiger partial charge on any atom is -0.454 e. The van der Waals surface area contributed by atoms with Crippen molar-refractivity contribution in [3.05, 3.63) is 82.3 Å². The van der Waals surface area contributed by atoms with Gasteiger partial charge in [0.25, 0.3) is 0 Å². The first-order valence-electron chi connectivity index (χ1n) is 10.7. The number of hydrogen-bond donors (Lipinski definition) is 1. The summed E-state index contributed by atoms with van der Waals surface area (Å²) in [5, 5.41) is 13.9. The number of nitrogens with zero attached hydrogens (tertiary/aromatic N) is 3. The Kier molecular flexibility index (Phi) is 6.98. The van der Waals surface area contributed by atoms with Crippen molar-refractivity contribution < 1.29 is 23.6 Å². The third-order valence-electron chi connectivity index (χ3n) is 5.44. The number of ether oxygens (including phenoxy) is 2. The van der Waals surface area contributed by atoms with Crippen LogP contribution < -0.4 is 10.1 Å². The average molecular weight is 466 g/mol. The zero-order valence-corrected chi connectivity index (χ0v) is 18.4. The van der Waals surface area contributed by atoms with Gasteiger partial charge < -0.3 is 19.7 Å². The van der Waals surface area contributed by atoms with Gasteiger partial charge in [-0.25, -0.2) is 9.37 Å². The van der Waals surface area contributed by atoms with E-state index in [2.05, 4.69) is 10.3 Å². The molecule has 176 valence electrons. The zero-order valence-electron chi connectivity index (χ0n) is 18.4. The molecule has 34 heavy (non-hydrogen) atoms. The van der Waals surface area contributed by atoms with Gasteiger partial charge in [-0.2, -0.15) is 0 Å². The van der Waals surface area contributed by atoms with Crippen molar-refractivity contribution in [1.29, 1.82) is 0 Å². The second-order valence-corrected chi connectivity index (χ2v) is 7.70. The van der Waals surface area contributed by atoms with E-state index >= 15 is 0 Å². The van der Waals surface area contributed by atoms with E-state index in [1.165, 1.54) is 30.5 Å². The molecule has 2 aromatic carbocycles. The Morgan fingerprint density at radius 3 is 2.76 bits per heavy atom. The van der Waals surface area contributed by atoms with E-state index in [9.17, 15) is 19.3 Å². The van der Waals surface area contributed by atoms with Crippen molar-refractivity contribution in [2.75, 3.05) is 25.1 Å². The molecule has 1 amide bonds. The standard InChI is InChI=1S/C24H23FN4O5/c1-2-28-18(14-33-15-23(28)30)12-16-5-8-19(9-6-16)34-22-10-7-17(13-20(22)25)27-24-21(29(31)32)4-3-11-26-24/h3-11,13,18H,2,12,14-15H2,1H3,(H,26,27).